The molecule has 2 unspecified atom stereocenters. The molecule has 0 bridgehead atoms. The molecule has 0 aromatic heterocycles. The zero-order valence-corrected chi connectivity index (χ0v) is 27.6. The Morgan fingerprint density at radius 2 is 1.43 bits per heavy atom. The Morgan fingerprint density at radius 3 is 1.98 bits per heavy atom. The molecular weight excluding hydrogens is 609 g/mol. The molecule has 1 aliphatic heterocycles. The van der Waals surface area contributed by atoms with Crippen LogP contribution >= 0.6 is 0 Å². The molecule has 1 aliphatic rings. The number of hydrogen-bond donors (Lipinski definition) is 4. The molecule has 2 atom stereocenters. The summed E-state index contributed by atoms with van der Waals surface area (Å²) in [5.74, 6) is 0.0809. The van der Waals surface area contributed by atoms with Gasteiger partial charge >= 0.3 is 0 Å². The van der Waals surface area contributed by atoms with Gasteiger partial charge in [0.25, 0.3) is 0 Å². The highest BCUT2D eigenvalue weighted by molar-refractivity contribution is 7.90. The van der Waals surface area contributed by atoms with Gasteiger partial charge in [0, 0.05) is 17.7 Å². The molecule has 8 nitrogen and oxygen atoms in total. The van der Waals surface area contributed by atoms with Gasteiger partial charge in [-0.2, -0.15) is 0 Å². The van der Waals surface area contributed by atoms with Crippen LogP contribution in [0.4, 0.5) is 10.1 Å². The van der Waals surface area contributed by atoms with Crippen LogP contribution in [0.1, 0.15) is 86.3 Å². The molecule has 0 saturated carbocycles. The summed E-state index contributed by atoms with van der Waals surface area (Å²) in [6, 6.07) is 21.9. The number of hydrogen-bond acceptors (Lipinski definition) is 7. The van der Waals surface area contributed by atoms with E-state index in [4.69, 9.17) is 0 Å². The largest absolute Gasteiger partial charge is 0.393 e. The van der Waals surface area contributed by atoms with Gasteiger partial charge in [-0.15, -0.1) is 0 Å². The summed E-state index contributed by atoms with van der Waals surface area (Å²) >= 11 is 0. The van der Waals surface area contributed by atoms with Crippen molar-refractivity contribution < 1.29 is 38.0 Å². The Balaban J connectivity index is 0.000000441. The first-order chi connectivity index (χ1) is 21.9. The standard InChI is InChI=1S/C27H37NO6S.C9H11FO/c1-35(33,34)17-5-3-2-4-6-21-9-13-24(14-10-21)28-25(18-26(28)31)23-11-7-22(8-12-23)15-16-27(32,19-29)20-30;1-2-9(11)7-3-5-8(10)6-4-7/h7-14,25,29-30,32H,2-6,15-20H2,1H3;3-6,9,11H,2H2,1H3. The Morgan fingerprint density at radius 1 is 0.870 bits per heavy atom. The average molecular weight is 658 g/mol. The average Bonchev–Trinajstić information content (AvgIpc) is 3.05. The molecular formula is C36H48FNO7S. The molecule has 0 radical (unpaired) electrons. The van der Waals surface area contributed by atoms with Crippen LogP contribution in [0, 0.1) is 5.82 Å². The number of halogens is 1. The first-order valence-corrected chi connectivity index (χ1v) is 18.0. The SMILES string of the molecule is CCC(O)c1ccc(F)cc1.CS(=O)(=O)CCCCCCc1ccc(N2C(=O)CC2c2ccc(CCC(O)(CO)CO)cc2)cc1. The van der Waals surface area contributed by atoms with Gasteiger partial charge in [0.05, 0.1) is 31.8 Å². The van der Waals surface area contributed by atoms with Crippen molar-refractivity contribution in [1.29, 1.82) is 0 Å². The van der Waals surface area contributed by atoms with E-state index in [1.54, 1.807) is 12.1 Å². The fourth-order valence-corrected chi connectivity index (χ4v) is 6.02. The summed E-state index contributed by atoms with van der Waals surface area (Å²) < 4.78 is 34.7. The van der Waals surface area contributed by atoms with E-state index >= 15 is 0 Å². The number of aryl methyl sites for hydroxylation is 2. The van der Waals surface area contributed by atoms with Gasteiger partial charge in [-0.1, -0.05) is 68.3 Å². The molecule has 3 aromatic rings. The zero-order chi connectivity index (χ0) is 33.7. The molecule has 1 heterocycles. The maximum atomic E-state index is 12.4. The normalized spacial score (nSPS) is 15.6. The lowest BCUT2D eigenvalue weighted by Crippen LogP contribution is -2.46. The second kappa shape index (κ2) is 17.7. The van der Waals surface area contributed by atoms with Crippen molar-refractivity contribution >= 4 is 21.4 Å². The van der Waals surface area contributed by atoms with Gasteiger partial charge in [0.2, 0.25) is 5.91 Å². The summed E-state index contributed by atoms with van der Waals surface area (Å²) in [4.78, 5) is 14.2. The van der Waals surface area contributed by atoms with E-state index < -0.39 is 34.8 Å². The summed E-state index contributed by atoms with van der Waals surface area (Å²) in [5, 5.41) is 37.8. The van der Waals surface area contributed by atoms with Crippen LogP contribution in [-0.4, -0.2) is 65.6 Å². The van der Waals surface area contributed by atoms with Crippen LogP contribution in [0.3, 0.4) is 0 Å². The van der Waals surface area contributed by atoms with Crippen LogP contribution in [0.15, 0.2) is 72.8 Å². The van der Waals surface area contributed by atoms with Crippen molar-refractivity contribution in [2.45, 2.75) is 82.5 Å². The van der Waals surface area contributed by atoms with E-state index in [0.29, 0.717) is 25.7 Å². The number of carbonyl (C=O) groups excluding carboxylic acids is 1. The van der Waals surface area contributed by atoms with Crippen LogP contribution < -0.4 is 4.90 Å². The van der Waals surface area contributed by atoms with Gasteiger partial charge in [0.1, 0.15) is 21.3 Å². The van der Waals surface area contributed by atoms with E-state index in [9.17, 15) is 38.0 Å². The lowest BCUT2D eigenvalue weighted by Gasteiger charge is -2.41. The monoisotopic (exact) mass is 657 g/mol. The van der Waals surface area contributed by atoms with E-state index in [-0.39, 0.29) is 29.9 Å². The van der Waals surface area contributed by atoms with Gasteiger partial charge in [0.15, 0.2) is 0 Å². The third-order valence-corrected chi connectivity index (χ3v) is 9.40. The van der Waals surface area contributed by atoms with E-state index in [2.05, 4.69) is 12.1 Å². The minimum Gasteiger partial charge on any atom is -0.393 e. The highest BCUT2D eigenvalue weighted by Gasteiger charge is 2.38. The molecule has 10 heteroatoms. The third-order valence-electron chi connectivity index (χ3n) is 8.37. The van der Waals surface area contributed by atoms with Crippen LogP contribution in [0.25, 0.3) is 0 Å². The highest BCUT2D eigenvalue weighted by Crippen LogP contribution is 2.39. The first kappa shape index (κ1) is 37.3. The number of anilines is 1. The Bertz CT molecular complexity index is 1460. The number of carbonyl (C=O) groups is 1. The Hall–Kier alpha value is -3.15. The minimum atomic E-state index is -2.87. The Kier molecular flexibility index (Phi) is 14.3. The number of aliphatic hydroxyl groups excluding tert-OH is 3. The summed E-state index contributed by atoms with van der Waals surface area (Å²) in [5.41, 5.74) is 3.42. The molecule has 1 saturated heterocycles. The van der Waals surface area contributed by atoms with Gasteiger partial charge in [-0.3, -0.25) is 4.79 Å². The van der Waals surface area contributed by atoms with Crippen molar-refractivity contribution in [2.24, 2.45) is 0 Å². The zero-order valence-electron chi connectivity index (χ0n) is 26.8. The maximum absolute atomic E-state index is 12.4. The second-order valence-corrected chi connectivity index (χ2v) is 14.5. The fourth-order valence-electron chi connectivity index (χ4n) is 5.29. The van der Waals surface area contributed by atoms with E-state index in [0.717, 1.165) is 48.1 Å². The molecule has 4 N–H and O–H groups in total. The predicted molar refractivity (Wildman–Crippen MR) is 179 cm³/mol. The second-order valence-electron chi connectivity index (χ2n) is 12.2. The molecule has 46 heavy (non-hydrogen) atoms. The summed E-state index contributed by atoms with van der Waals surface area (Å²) in [7, 11) is -2.87. The molecule has 1 amide bonds. The van der Waals surface area contributed by atoms with Gasteiger partial charge in [-0.05, 0) is 85.0 Å². The van der Waals surface area contributed by atoms with E-state index in [1.807, 2.05) is 48.2 Å². The van der Waals surface area contributed by atoms with Gasteiger partial charge < -0.3 is 25.3 Å². The van der Waals surface area contributed by atoms with Gasteiger partial charge in [-0.25, -0.2) is 12.8 Å². The number of unbranched alkanes of at least 4 members (excludes halogenated alkanes) is 3. The number of rotatable bonds is 16. The van der Waals surface area contributed by atoms with Crippen molar-refractivity contribution in [3.63, 3.8) is 0 Å². The quantitative estimate of drug-likeness (QED) is 0.122. The highest BCUT2D eigenvalue weighted by atomic mass is 32.2. The lowest BCUT2D eigenvalue weighted by atomic mass is 9.91. The van der Waals surface area contributed by atoms with Crippen molar-refractivity contribution in [3.05, 3.63) is 101 Å². The Labute approximate surface area is 272 Å². The smallest absolute Gasteiger partial charge is 0.230 e. The van der Waals surface area contributed by atoms with Crippen LogP contribution in [0.2, 0.25) is 0 Å². The summed E-state index contributed by atoms with van der Waals surface area (Å²) in [6.45, 7) is 0.920. The third kappa shape index (κ3) is 11.6. The minimum absolute atomic E-state index is 0.0101. The van der Waals surface area contributed by atoms with Crippen molar-refractivity contribution in [2.75, 3.05) is 30.1 Å². The molecule has 252 valence electrons. The number of benzene rings is 3. The number of sulfone groups is 1. The van der Waals surface area contributed by atoms with Crippen molar-refractivity contribution in [1.82, 2.24) is 0 Å². The van der Waals surface area contributed by atoms with Crippen molar-refractivity contribution in [3.8, 4) is 0 Å². The number of amides is 1. The fraction of sp³-hybridized carbons (Fsp3) is 0.472. The molecule has 1 fully saturated rings. The summed E-state index contributed by atoms with van der Waals surface area (Å²) in [6.07, 6.45) is 7.30. The lowest BCUT2D eigenvalue weighted by molar-refractivity contribution is -0.124. The number of aliphatic hydroxyl groups is 4. The topological polar surface area (TPSA) is 135 Å². The molecule has 3 aromatic carbocycles. The molecule has 4 rings (SSSR count). The van der Waals surface area contributed by atoms with Crippen LogP contribution in [0.5, 0.6) is 0 Å². The molecule has 0 spiro atoms. The number of nitrogens with zero attached hydrogens (tertiary/aromatic N) is 1. The van der Waals surface area contributed by atoms with Crippen LogP contribution in [-0.2, 0) is 27.5 Å². The maximum Gasteiger partial charge on any atom is 0.230 e. The molecule has 0 aliphatic carbocycles. The first-order valence-electron chi connectivity index (χ1n) is 15.9. The van der Waals surface area contributed by atoms with E-state index in [1.165, 1.54) is 24.0 Å². The predicted octanol–water partition coefficient (Wildman–Crippen LogP) is 5.23. The number of β-lactam (4-membered cyclic amide) rings is 1.